The maximum atomic E-state index is 11.7. The molecule has 110 valence electrons. The van der Waals surface area contributed by atoms with Crippen LogP contribution in [0.2, 0.25) is 0 Å². The zero-order valence-corrected chi connectivity index (χ0v) is 12.9. The first kappa shape index (κ1) is 17.1. The number of hydrogen-bond donors (Lipinski definition) is 1. The van der Waals surface area contributed by atoms with Crippen LogP contribution in [0.15, 0.2) is 64.9 Å². The second-order valence-electron chi connectivity index (χ2n) is 3.42. The summed E-state index contributed by atoms with van der Waals surface area (Å²) in [6, 6.07) is -0.218. The molecule has 0 aromatic rings. The van der Waals surface area contributed by atoms with Crippen molar-refractivity contribution < 1.29 is 19.9 Å². The fraction of sp³-hybridized carbons (Fsp3) is 0.312. The fourth-order valence-corrected chi connectivity index (χ4v) is 1.83. The normalized spacial score (nSPS) is 14.0. The predicted octanol–water partition coefficient (Wildman–Crippen LogP) is 3.75. The molecule has 21 heavy (non-hydrogen) atoms. The van der Waals surface area contributed by atoms with E-state index in [0.717, 1.165) is 0 Å². The van der Waals surface area contributed by atoms with Crippen molar-refractivity contribution in [2.75, 3.05) is 6.61 Å². The number of allylic oxidation sites excluding steroid dienone is 1. The second kappa shape index (κ2) is 11.8. The average molecular weight is 306 g/mol. The number of rotatable bonds is 7. The minimum absolute atomic E-state index is 0.0831. The zero-order valence-electron chi connectivity index (χ0n) is 13.0. The van der Waals surface area contributed by atoms with Gasteiger partial charge < -0.3 is 4.89 Å². The lowest BCUT2D eigenvalue weighted by Crippen LogP contribution is -2.06. The molecule has 0 aliphatic rings. The summed E-state index contributed by atoms with van der Waals surface area (Å²) in [7, 11) is -4.24. The van der Waals surface area contributed by atoms with Gasteiger partial charge in [-0.25, -0.2) is 4.57 Å². The highest BCUT2D eigenvalue weighted by Crippen LogP contribution is 2.44. The lowest BCUT2D eigenvalue weighted by atomic mass is 10.3. The summed E-state index contributed by atoms with van der Waals surface area (Å²) in [6.45, 7) is 6.85. The Balaban J connectivity index is 5.47. The van der Waals surface area contributed by atoms with Crippen molar-refractivity contribution in [1.82, 2.24) is 0 Å². The molecule has 0 saturated heterocycles. The minimum atomic E-state index is -4.24. The van der Waals surface area contributed by atoms with Crippen LogP contribution in [0, 0.1) is 0 Å². The molecule has 0 aromatic carbocycles. The van der Waals surface area contributed by atoms with E-state index in [1.165, 1.54) is 6.08 Å². The van der Waals surface area contributed by atoms with Crippen LogP contribution in [0.5, 0.6) is 0 Å². The van der Waals surface area contributed by atoms with E-state index in [1.54, 1.807) is 19.9 Å². The van der Waals surface area contributed by atoms with E-state index in [1.807, 2.05) is 0 Å². The Hall–Kier alpha value is -1.95. The molecule has 0 aromatic heterocycles. The van der Waals surface area contributed by atoms with Gasteiger partial charge in [-0.15, -0.1) is 0 Å². The van der Waals surface area contributed by atoms with E-state index in [9.17, 15) is 9.46 Å². The van der Waals surface area contributed by atoms with Gasteiger partial charge in [-0.3, -0.25) is 9.05 Å². The van der Waals surface area contributed by atoms with Gasteiger partial charge in [-0.1, -0.05) is 30.5 Å². The molecule has 0 aliphatic heterocycles. The van der Waals surface area contributed by atoms with E-state index in [-0.39, 0.29) is 12.7 Å². The Morgan fingerprint density at radius 3 is 2.67 bits per heavy atom. The van der Waals surface area contributed by atoms with Crippen LogP contribution in [-0.4, -0.2) is 17.6 Å². The van der Waals surface area contributed by atoms with Gasteiger partial charge in [0.05, 0.1) is 7.98 Å². The summed E-state index contributed by atoms with van der Waals surface area (Å²) in [4.78, 5) is 9.53. The lowest BCUT2D eigenvalue weighted by Gasteiger charge is -2.14. The zero-order chi connectivity index (χ0) is 16.8. The van der Waals surface area contributed by atoms with Crippen molar-refractivity contribution >= 4 is 7.82 Å². The number of hydrogen-bond acceptors (Lipinski definition) is 3. The van der Waals surface area contributed by atoms with Gasteiger partial charge >= 0.3 is 7.82 Å². The smallest absolute Gasteiger partial charge is 0.302 e. The highest BCUT2D eigenvalue weighted by Gasteiger charge is 2.23. The van der Waals surface area contributed by atoms with E-state index < -0.39 is 13.9 Å². The molecule has 0 amide bonds. The van der Waals surface area contributed by atoms with Gasteiger partial charge in [0.1, 0.15) is 6.10 Å². The summed E-state index contributed by atoms with van der Waals surface area (Å²) in [5, 5.41) is 0. The van der Waals surface area contributed by atoms with Crippen molar-refractivity contribution in [3.63, 3.8) is 0 Å². The Morgan fingerprint density at radius 1 is 1.38 bits per heavy atom. The van der Waals surface area contributed by atoms with Crippen LogP contribution in [0.25, 0.3) is 0 Å². The first-order valence-corrected chi connectivity index (χ1v) is 7.61. The van der Waals surface area contributed by atoms with E-state index in [4.69, 9.17) is 10.4 Å². The van der Waals surface area contributed by atoms with E-state index >= 15 is 0 Å². The summed E-state index contributed by atoms with van der Waals surface area (Å²) < 4.78 is 29.1. The highest BCUT2D eigenvalue weighted by molar-refractivity contribution is 7.47. The van der Waals surface area contributed by atoms with Crippen LogP contribution >= 0.6 is 7.82 Å². The molecule has 1 N–H and O–H groups in total. The van der Waals surface area contributed by atoms with Crippen LogP contribution in [-0.2, 0) is 13.6 Å². The largest absolute Gasteiger partial charge is 0.473 e. The van der Waals surface area contributed by atoms with Crippen molar-refractivity contribution in [2.24, 2.45) is 0 Å². The molecule has 0 radical (unpaired) electrons. The Labute approximate surface area is 126 Å². The standard InChI is InChI=1S/C16H17O4P/c1-4-7-8-9-10-11-12-14-16(13-5-2)20-21(17,18)19-15-6-3/h5,13-14,16H,1,6,15H2,2-3H3,(H,17,18)/b13-5+/i14T. The van der Waals surface area contributed by atoms with Gasteiger partial charge in [0.15, 0.2) is 0 Å². The molecule has 2 atom stereocenters. The Morgan fingerprint density at radius 2 is 2.05 bits per heavy atom. The van der Waals surface area contributed by atoms with Crippen LogP contribution in [0.1, 0.15) is 21.6 Å². The van der Waals surface area contributed by atoms with Crippen molar-refractivity contribution in [3.05, 3.63) is 64.9 Å². The third-order valence-electron chi connectivity index (χ3n) is 1.69. The van der Waals surface area contributed by atoms with Crippen LogP contribution in [0.4, 0.5) is 0 Å². The summed E-state index contributed by atoms with van der Waals surface area (Å²) in [5.41, 5.74) is 16.8. The quantitative estimate of drug-likeness (QED) is 0.442. The molecule has 0 aliphatic carbocycles. The molecule has 5 heteroatoms. The average Bonchev–Trinajstić information content (AvgIpc) is 2.48. The summed E-state index contributed by atoms with van der Waals surface area (Å²) >= 11 is 0. The third kappa shape index (κ3) is 11.6. The van der Waals surface area contributed by atoms with Crippen molar-refractivity contribution in [3.8, 4) is 0 Å². The third-order valence-corrected chi connectivity index (χ3v) is 2.69. The maximum Gasteiger partial charge on any atom is 0.473 e. The van der Waals surface area contributed by atoms with Gasteiger partial charge in [0.25, 0.3) is 0 Å². The highest BCUT2D eigenvalue weighted by atomic mass is 31.2. The molecule has 2 unspecified atom stereocenters. The minimum Gasteiger partial charge on any atom is -0.302 e. The van der Waals surface area contributed by atoms with Gasteiger partial charge in [-0.2, -0.15) is 0 Å². The molecule has 0 fully saturated rings. The molecule has 0 bridgehead atoms. The van der Waals surface area contributed by atoms with Gasteiger partial charge in [0.2, 0.25) is 0 Å². The van der Waals surface area contributed by atoms with Crippen molar-refractivity contribution in [1.29, 1.82) is 0 Å². The molecular weight excluding hydrogens is 287 g/mol. The first-order chi connectivity index (χ1) is 10.5. The lowest BCUT2D eigenvalue weighted by molar-refractivity contribution is 0.141. The Bertz CT molecular complexity index is 709. The second-order valence-corrected chi connectivity index (χ2v) is 4.83. The van der Waals surface area contributed by atoms with E-state index in [2.05, 4.69) is 46.7 Å². The molecule has 4 nitrogen and oxygen atoms in total. The van der Waals surface area contributed by atoms with Crippen molar-refractivity contribution in [2.45, 2.75) is 26.4 Å². The van der Waals surface area contributed by atoms with Crippen LogP contribution in [0.3, 0.4) is 0 Å². The Kier molecular flexibility index (Phi) is 9.64. The van der Waals surface area contributed by atoms with Crippen LogP contribution < -0.4 is 0 Å². The SMILES string of the molecule is [3H]C(=C=C=C=C=C=C=C=C)C(/C=C/C)OP(=O)(O)OCCC. The van der Waals surface area contributed by atoms with E-state index in [0.29, 0.717) is 6.42 Å². The number of phosphoric acid groups is 1. The first-order valence-electron chi connectivity index (χ1n) is 6.62. The summed E-state index contributed by atoms with van der Waals surface area (Å²) in [5.74, 6) is 0. The fourth-order valence-electron chi connectivity index (χ4n) is 0.941. The maximum absolute atomic E-state index is 11.7. The number of phosphoric ester groups is 1. The molecule has 0 saturated carbocycles. The monoisotopic (exact) mass is 306 g/mol. The summed E-state index contributed by atoms with van der Waals surface area (Å²) in [6.07, 6.45) is 2.49. The predicted molar refractivity (Wildman–Crippen MR) is 80.5 cm³/mol. The van der Waals surface area contributed by atoms with Gasteiger partial charge in [0, 0.05) is 6.05 Å². The molecule has 0 spiro atoms. The molecular formula is C16H17O4P. The van der Waals surface area contributed by atoms with Gasteiger partial charge in [-0.05, 0) is 48.6 Å². The topological polar surface area (TPSA) is 55.8 Å². The molecule has 0 rings (SSSR count). The molecule has 0 heterocycles.